The molecule has 3 nitrogen and oxygen atoms in total. The van der Waals surface area contributed by atoms with Crippen LogP contribution < -0.4 is 11.1 Å². The van der Waals surface area contributed by atoms with Gasteiger partial charge in [0.1, 0.15) is 0 Å². The van der Waals surface area contributed by atoms with E-state index >= 15 is 0 Å². The van der Waals surface area contributed by atoms with Crippen LogP contribution in [0.15, 0.2) is 12.7 Å². The third-order valence-corrected chi connectivity index (χ3v) is 3.13. The molecular formula is C12H22N2O. The molecule has 1 aliphatic carbocycles. The van der Waals surface area contributed by atoms with Crippen LogP contribution in [0, 0.1) is 5.92 Å². The molecule has 0 radical (unpaired) electrons. The highest BCUT2D eigenvalue weighted by atomic mass is 16.2. The fraction of sp³-hybridized carbons (Fsp3) is 0.750. The van der Waals surface area contributed by atoms with E-state index in [2.05, 4.69) is 11.9 Å². The fourth-order valence-corrected chi connectivity index (χ4v) is 2.05. The van der Waals surface area contributed by atoms with Crippen LogP contribution in [0.2, 0.25) is 0 Å². The standard InChI is InChI=1S/C12H22N2O/c1-3-9(2)14-12(15)10-7-5-4-6-8-11(10)13/h3,9-11H,1,4-8,13H2,2H3,(H,14,15). The molecule has 1 fully saturated rings. The van der Waals surface area contributed by atoms with Gasteiger partial charge in [0, 0.05) is 12.1 Å². The fourth-order valence-electron chi connectivity index (χ4n) is 2.05. The van der Waals surface area contributed by atoms with Crippen LogP contribution in [0.3, 0.4) is 0 Å². The van der Waals surface area contributed by atoms with E-state index in [1.165, 1.54) is 6.42 Å². The molecule has 0 aromatic rings. The SMILES string of the molecule is C=CC(C)NC(=O)C1CCCCCC1N. The summed E-state index contributed by atoms with van der Waals surface area (Å²) in [6, 6.07) is 0.0671. The maximum absolute atomic E-state index is 11.9. The van der Waals surface area contributed by atoms with Gasteiger partial charge in [-0.05, 0) is 19.8 Å². The third-order valence-electron chi connectivity index (χ3n) is 3.13. The Morgan fingerprint density at radius 3 is 2.80 bits per heavy atom. The minimum absolute atomic E-state index is 0.00472. The van der Waals surface area contributed by atoms with Crippen LogP contribution in [0.4, 0.5) is 0 Å². The molecule has 0 aromatic heterocycles. The average molecular weight is 210 g/mol. The summed E-state index contributed by atoms with van der Waals surface area (Å²) < 4.78 is 0. The minimum atomic E-state index is -0.00472. The molecule has 1 amide bonds. The van der Waals surface area contributed by atoms with Crippen molar-refractivity contribution in [3.8, 4) is 0 Å². The molecule has 86 valence electrons. The summed E-state index contributed by atoms with van der Waals surface area (Å²) in [6.45, 7) is 5.57. The number of hydrogen-bond donors (Lipinski definition) is 2. The quantitative estimate of drug-likeness (QED) is 0.549. The molecule has 1 rings (SSSR count). The first-order valence-electron chi connectivity index (χ1n) is 5.83. The van der Waals surface area contributed by atoms with Crippen LogP contribution in [0.5, 0.6) is 0 Å². The van der Waals surface area contributed by atoms with Crippen molar-refractivity contribution in [2.45, 2.75) is 51.1 Å². The number of nitrogens with one attached hydrogen (secondary N) is 1. The van der Waals surface area contributed by atoms with Crippen molar-refractivity contribution in [2.75, 3.05) is 0 Å². The van der Waals surface area contributed by atoms with Crippen molar-refractivity contribution in [3.63, 3.8) is 0 Å². The van der Waals surface area contributed by atoms with Crippen molar-refractivity contribution in [1.29, 1.82) is 0 Å². The normalized spacial score (nSPS) is 28.9. The molecule has 15 heavy (non-hydrogen) atoms. The number of rotatable bonds is 3. The van der Waals surface area contributed by atoms with Gasteiger partial charge in [0.05, 0.1) is 5.92 Å². The lowest BCUT2D eigenvalue weighted by Crippen LogP contribution is -2.43. The Kier molecular flexibility index (Phi) is 4.82. The molecular weight excluding hydrogens is 188 g/mol. The van der Waals surface area contributed by atoms with Gasteiger partial charge in [0.15, 0.2) is 0 Å². The summed E-state index contributed by atoms with van der Waals surface area (Å²) in [5, 5.41) is 2.92. The highest BCUT2D eigenvalue weighted by molar-refractivity contribution is 5.79. The summed E-state index contributed by atoms with van der Waals surface area (Å²) in [7, 11) is 0. The van der Waals surface area contributed by atoms with Crippen LogP contribution >= 0.6 is 0 Å². The Labute approximate surface area is 92.1 Å². The Morgan fingerprint density at radius 2 is 2.13 bits per heavy atom. The predicted octanol–water partition coefficient (Wildman–Crippen LogP) is 1.58. The predicted molar refractivity (Wildman–Crippen MR) is 62.4 cm³/mol. The van der Waals surface area contributed by atoms with E-state index in [0.717, 1.165) is 25.7 Å². The molecule has 0 spiro atoms. The highest BCUT2D eigenvalue weighted by Crippen LogP contribution is 2.22. The maximum atomic E-state index is 11.9. The van der Waals surface area contributed by atoms with Crippen molar-refractivity contribution in [3.05, 3.63) is 12.7 Å². The molecule has 3 atom stereocenters. The molecule has 3 unspecified atom stereocenters. The zero-order valence-corrected chi connectivity index (χ0v) is 9.54. The molecule has 0 bridgehead atoms. The van der Waals surface area contributed by atoms with E-state index in [1.54, 1.807) is 6.08 Å². The van der Waals surface area contributed by atoms with Gasteiger partial charge in [0.25, 0.3) is 0 Å². The van der Waals surface area contributed by atoms with E-state index in [0.29, 0.717) is 0 Å². The summed E-state index contributed by atoms with van der Waals surface area (Å²) in [5.74, 6) is 0.0895. The molecule has 0 aromatic carbocycles. The second-order valence-corrected chi connectivity index (χ2v) is 4.44. The zero-order chi connectivity index (χ0) is 11.3. The number of hydrogen-bond acceptors (Lipinski definition) is 2. The van der Waals surface area contributed by atoms with Gasteiger partial charge < -0.3 is 11.1 Å². The van der Waals surface area contributed by atoms with Crippen molar-refractivity contribution >= 4 is 5.91 Å². The highest BCUT2D eigenvalue weighted by Gasteiger charge is 2.27. The molecule has 1 aliphatic rings. The Hall–Kier alpha value is -0.830. The summed E-state index contributed by atoms with van der Waals surface area (Å²) in [4.78, 5) is 11.9. The monoisotopic (exact) mass is 210 g/mol. The third kappa shape index (κ3) is 3.67. The summed E-state index contributed by atoms with van der Waals surface area (Å²) in [6.07, 6.45) is 7.11. The van der Waals surface area contributed by atoms with Gasteiger partial charge in [-0.2, -0.15) is 0 Å². The smallest absolute Gasteiger partial charge is 0.225 e. The first-order chi connectivity index (χ1) is 7.15. The second-order valence-electron chi connectivity index (χ2n) is 4.44. The van der Waals surface area contributed by atoms with Crippen LogP contribution in [-0.4, -0.2) is 18.0 Å². The van der Waals surface area contributed by atoms with Gasteiger partial charge in [-0.25, -0.2) is 0 Å². The van der Waals surface area contributed by atoms with Gasteiger partial charge in [0.2, 0.25) is 5.91 Å². The lowest BCUT2D eigenvalue weighted by Gasteiger charge is -2.22. The van der Waals surface area contributed by atoms with Crippen LogP contribution in [-0.2, 0) is 4.79 Å². The number of amides is 1. The lowest BCUT2D eigenvalue weighted by atomic mass is 9.94. The molecule has 3 N–H and O–H groups in total. The van der Waals surface area contributed by atoms with Crippen LogP contribution in [0.25, 0.3) is 0 Å². The van der Waals surface area contributed by atoms with E-state index < -0.39 is 0 Å². The van der Waals surface area contributed by atoms with Crippen molar-refractivity contribution in [1.82, 2.24) is 5.32 Å². The van der Waals surface area contributed by atoms with Gasteiger partial charge in [-0.3, -0.25) is 4.79 Å². The largest absolute Gasteiger partial charge is 0.350 e. The lowest BCUT2D eigenvalue weighted by molar-refractivity contribution is -0.126. The second kappa shape index (κ2) is 5.91. The first kappa shape index (κ1) is 12.2. The number of carbonyl (C=O) groups excluding carboxylic acids is 1. The van der Waals surface area contributed by atoms with Crippen molar-refractivity contribution in [2.24, 2.45) is 11.7 Å². The number of nitrogens with two attached hydrogens (primary N) is 1. The molecule has 1 saturated carbocycles. The first-order valence-corrected chi connectivity index (χ1v) is 5.83. The van der Waals surface area contributed by atoms with Crippen LogP contribution in [0.1, 0.15) is 39.0 Å². The van der Waals surface area contributed by atoms with E-state index in [1.807, 2.05) is 6.92 Å². The Bertz CT molecular complexity index is 228. The zero-order valence-electron chi connectivity index (χ0n) is 9.54. The van der Waals surface area contributed by atoms with Gasteiger partial charge in [-0.15, -0.1) is 6.58 Å². The summed E-state index contributed by atoms with van der Waals surface area (Å²) in [5.41, 5.74) is 6.01. The molecule has 0 heterocycles. The number of carbonyl (C=O) groups is 1. The van der Waals surface area contributed by atoms with E-state index in [4.69, 9.17) is 5.73 Å². The Balaban J connectivity index is 2.51. The average Bonchev–Trinajstić information content (AvgIpc) is 2.42. The molecule has 3 heteroatoms. The molecule has 0 aliphatic heterocycles. The molecule has 0 saturated heterocycles. The minimum Gasteiger partial charge on any atom is -0.350 e. The van der Waals surface area contributed by atoms with Gasteiger partial charge in [-0.1, -0.05) is 25.3 Å². The Morgan fingerprint density at radius 1 is 1.47 bits per heavy atom. The summed E-state index contributed by atoms with van der Waals surface area (Å²) >= 11 is 0. The van der Waals surface area contributed by atoms with E-state index in [-0.39, 0.29) is 23.9 Å². The van der Waals surface area contributed by atoms with Crippen molar-refractivity contribution < 1.29 is 4.79 Å². The maximum Gasteiger partial charge on any atom is 0.225 e. The van der Waals surface area contributed by atoms with E-state index in [9.17, 15) is 4.79 Å². The topological polar surface area (TPSA) is 55.1 Å². The van der Waals surface area contributed by atoms with Gasteiger partial charge >= 0.3 is 0 Å².